The highest BCUT2D eigenvalue weighted by atomic mass is 35.5. The van der Waals surface area contributed by atoms with E-state index in [0.717, 1.165) is 47.3 Å². The summed E-state index contributed by atoms with van der Waals surface area (Å²) in [6, 6.07) is 11.3. The summed E-state index contributed by atoms with van der Waals surface area (Å²) in [6.07, 6.45) is 4.37. The van der Waals surface area contributed by atoms with E-state index in [0.29, 0.717) is 23.9 Å². The summed E-state index contributed by atoms with van der Waals surface area (Å²) in [5.41, 5.74) is 4.15. The van der Waals surface area contributed by atoms with Gasteiger partial charge in [-0.2, -0.15) is 0 Å². The Morgan fingerprint density at radius 3 is 2.74 bits per heavy atom. The van der Waals surface area contributed by atoms with Gasteiger partial charge in [0.25, 0.3) is 0 Å². The number of allylic oxidation sites excluding steroid dienone is 1. The second-order valence-corrected chi connectivity index (χ2v) is 8.28. The highest BCUT2D eigenvalue weighted by Gasteiger charge is 2.21. The average Bonchev–Trinajstić information content (AvgIpc) is 3.26. The van der Waals surface area contributed by atoms with E-state index in [1.54, 1.807) is 18.5 Å². The van der Waals surface area contributed by atoms with Gasteiger partial charge < -0.3 is 14.6 Å². The molecule has 4 rings (SSSR count). The first-order valence-corrected chi connectivity index (χ1v) is 10.9. The molecule has 0 amide bonds. The molecule has 3 aromatic rings. The molecule has 0 saturated carbocycles. The van der Waals surface area contributed by atoms with Gasteiger partial charge in [0.2, 0.25) is 0 Å². The maximum atomic E-state index is 12.3. The Morgan fingerprint density at radius 2 is 2.10 bits per heavy atom. The van der Waals surface area contributed by atoms with Gasteiger partial charge in [-0.15, -0.1) is 0 Å². The van der Waals surface area contributed by atoms with Gasteiger partial charge in [-0.05, 0) is 36.2 Å². The molecule has 1 aliphatic heterocycles. The van der Waals surface area contributed by atoms with E-state index in [4.69, 9.17) is 20.9 Å². The largest absolute Gasteiger partial charge is 0.388 e. The summed E-state index contributed by atoms with van der Waals surface area (Å²) >= 11 is 7.39. The molecule has 0 aliphatic carbocycles. The number of aldehydes is 1. The lowest BCUT2D eigenvalue weighted by atomic mass is 9.95. The number of carbonyl (C=O) groups excluding carboxylic acids is 1. The van der Waals surface area contributed by atoms with E-state index < -0.39 is 0 Å². The van der Waals surface area contributed by atoms with Gasteiger partial charge in [0, 0.05) is 66.5 Å². The predicted molar refractivity (Wildman–Crippen MR) is 123 cm³/mol. The van der Waals surface area contributed by atoms with Crippen LogP contribution in [0, 0.1) is 0 Å². The molecule has 1 saturated heterocycles. The quantitative estimate of drug-likeness (QED) is 0.319. The molecule has 7 nitrogen and oxygen atoms in total. The lowest BCUT2D eigenvalue weighted by Crippen LogP contribution is -2.31. The smallest absolute Gasteiger partial charge is 0.172 e. The number of morpholine rings is 1. The van der Waals surface area contributed by atoms with Crippen molar-refractivity contribution in [2.75, 3.05) is 38.7 Å². The lowest BCUT2D eigenvalue weighted by Gasteiger charge is -2.26. The highest BCUT2D eigenvalue weighted by Crippen LogP contribution is 2.38. The van der Waals surface area contributed by atoms with Crippen molar-refractivity contribution in [3.05, 3.63) is 70.0 Å². The first-order valence-electron chi connectivity index (χ1n) is 9.75. The van der Waals surface area contributed by atoms with Gasteiger partial charge in [-0.25, -0.2) is 4.31 Å². The molecule has 160 valence electrons. The van der Waals surface area contributed by atoms with Crippen LogP contribution >= 0.6 is 23.5 Å². The monoisotopic (exact) mass is 456 g/mol. The highest BCUT2D eigenvalue weighted by molar-refractivity contribution is 8.01. The Hall–Kier alpha value is -2.65. The number of hydrogen-bond acceptors (Lipinski definition) is 8. The van der Waals surface area contributed by atoms with Crippen LogP contribution in [0.5, 0.6) is 0 Å². The molecule has 1 aliphatic rings. The van der Waals surface area contributed by atoms with Crippen LogP contribution in [0.4, 0.5) is 5.69 Å². The van der Waals surface area contributed by atoms with Crippen LogP contribution in [-0.4, -0.2) is 54.1 Å². The Morgan fingerprint density at radius 1 is 1.26 bits per heavy atom. The van der Waals surface area contributed by atoms with E-state index in [9.17, 15) is 4.79 Å². The Balaban J connectivity index is 1.87. The standard InChI is InChI=1S/C22H21ClN4O3S/c1-24-18-5-4-15(19-12-21(23)26-30-19)11-17(18)22(16-3-2-6-25-13-16)20(14-28)31-27-7-9-29-10-8-27/h2-6,11-14,24H,7-10H2,1H3/b22-20+. The van der Waals surface area contributed by atoms with Crippen LogP contribution in [0.3, 0.4) is 0 Å². The summed E-state index contributed by atoms with van der Waals surface area (Å²) in [7, 11) is 1.85. The van der Waals surface area contributed by atoms with Crippen molar-refractivity contribution in [2.45, 2.75) is 0 Å². The van der Waals surface area contributed by atoms with Gasteiger partial charge in [0.15, 0.2) is 17.2 Å². The van der Waals surface area contributed by atoms with Gasteiger partial charge in [-0.1, -0.05) is 22.8 Å². The van der Waals surface area contributed by atoms with Crippen molar-refractivity contribution in [3.8, 4) is 11.3 Å². The minimum Gasteiger partial charge on any atom is -0.388 e. The summed E-state index contributed by atoms with van der Waals surface area (Å²) in [5, 5.41) is 7.28. The van der Waals surface area contributed by atoms with Crippen molar-refractivity contribution < 1.29 is 14.1 Å². The maximum absolute atomic E-state index is 12.3. The number of aromatic nitrogens is 2. The number of anilines is 1. The predicted octanol–water partition coefficient (Wildman–Crippen LogP) is 4.37. The number of carbonyl (C=O) groups is 1. The maximum Gasteiger partial charge on any atom is 0.172 e. The molecule has 1 aromatic carbocycles. The van der Waals surface area contributed by atoms with E-state index in [1.165, 1.54) is 11.9 Å². The molecule has 0 bridgehead atoms. The van der Waals surface area contributed by atoms with Gasteiger partial charge in [0.05, 0.1) is 18.1 Å². The number of hydrogen-bond donors (Lipinski definition) is 1. The van der Waals surface area contributed by atoms with E-state index in [-0.39, 0.29) is 5.15 Å². The molecule has 0 radical (unpaired) electrons. The van der Waals surface area contributed by atoms with E-state index in [1.807, 2.05) is 37.4 Å². The zero-order valence-electron chi connectivity index (χ0n) is 16.9. The van der Waals surface area contributed by atoms with Crippen molar-refractivity contribution in [1.29, 1.82) is 0 Å². The van der Waals surface area contributed by atoms with Crippen LogP contribution in [0.15, 0.2) is 58.2 Å². The van der Waals surface area contributed by atoms with Crippen LogP contribution in [-0.2, 0) is 9.53 Å². The second kappa shape index (κ2) is 10.1. The second-order valence-electron chi connectivity index (χ2n) is 6.76. The summed E-state index contributed by atoms with van der Waals surface area (Å²) in [6.45, 7) is 2.78. The molecular weight excluding hydrogens is 436 g/mol. The fraction of sp³-hybridized carbons (Fsp3) is 0.227. The third-order valence-electron chi connectivity index (χ3n) is 4.83. The average molecular weight is 457 g/mol. The first-order chi connectivity index (χ1) is 15.2. The Kier molecular flexibility index (Phi) is 7.03. The minimum absolute atomic E-state index is 0.286. The van der Waals surface area contributed by atoms with E-state index >= 15 is 0 Å². The number of halogens is 1. The van der Waals surface area contributed by atoms with Crippen LogP contribution in [0.25, 0.3) is 16.9 Å². The molecule has 31 heavy (non-hydrogen) atoms. The fourth-order valence-corrected chi connectivity index (χ4v) is 4.46. The Bertz CT molecular complexity index is 1080. The van der Waals surface area contributed by atoms with Crippen molar-refractivity contribution in [2.24, 2.45) is 0 Å². The lowest BCUT2D eigenvalue weighted by molar-refractivity contribution is -0.104. The molecule has 2 aromatic heterocycles. The molecule has 1 N–H and O–H groups in total. The van der Waals surface area contributed by atoms with Crippen LogP contribution in [0.2, 0.25) is 5.15 Å². The summed E-state index contributed by atoms with van der Waals surface area (Å²) < 4.78 is 12.9. The molecule has 0 atom stereocenters. The van der Waals surface area contributed by atoms with Gasteiger partial charge >= 0.3 is 0 Å². The topological polar surface area (TPSA) is 80.5 Å². The number of nitrogens with zero attached hydrogens (tertiary/aromatic N) is 3. The van der Waals surface area contributed by atoms with Crippen molar-refractivity contribution in [3.63, 3.8) is 0 Å². The first kappa shape index (κ1) is 21.6. The Labute approximate surface area is 189 Å². The summed E-state index contributed by atoms with van der Waals surface area (Å²) in [4.78, 5) is 17.2. The van der Waals surface area contributed by atoms with Crippen LogP contribution < -0.4 is 5.32 Å². The fourth-order valence-electron chi connectivity index (χ4n) is 3.36. The minimum atomic E-state index is 0.286. The third-order valence-corrected chi connectivity index (χ3v) is 6.12. The SMILES string of the molecule is CNc1ccc(-c2cc(Cl)no2)cc1/C(=C(\C=O)SN1CCOCC1)c1cccnc1. The molecule has 1 fully saturated rings. The molecule has 0 unspecified atom stereocenters. The van der Waals surface area contributed by atoms with E-state index in [2.05, 4.69) is 19.8 Å². The van der Waals surface area contributed by atoms with Crippen LogP contribution in [0.1, 0.15) is 11.1 Å². The van der Waals surface area contributed by atoms with Gasteiger partial charge in [-0.3, -0.25) is 9.78 Å². The number of nitrogens with one attached hydrogen (secondary N) is 1. The molecule has 3 heterocycles. The number of rotatable bonds is 7. The zero-order chi connectivity index (χ0) is 21.6. The van der Waals surface area contributed by atoms with Crippen molar-refractivity contribution in [1.82, 2.24) is 14.4 Å². The third kappa shape index (κ3) is 4.99. The number of pyridine rings is 1. The zero-order valence-corrected chi connectivity index (χ0v) is 18.4. The molecular formula is C22H21ClN4O3S. The number of benzene rings is 1. The number of ether oxygens (including phenoxy) is 1. The molecule has 0 spiro atoms. The summed E-state index contributed by atoms with van der Waals surface area (Å²) in [5.74, 6) is 0.549. The van der Waals surface area contributed by atoms with Crippen molar-refractivity contribution >= 4 is 41.1 Å². The normalized spacial score (nSPS) is 15.4. The molecule has 9 heteroatoms. The van der Waals surface area contributed by atoms with Gasteiger partial charge in [0.1, 0.15) is 0 Å².